The van der Waals surface area contributed by atoms with Gasteiger partial charge >= 0.3 is 5.97 Å². The monoisotopic (exact) mass is 443 g/mol. The predicted octanol–water partition coefficient (Wildman–Crippen LogP) is 3.09. The maximum absolute atomic E-state index is 13.9. The highest BCUT2D eigenvalue weighted by Crippen LogP contribution is 2.65. The Morgan fingerprint density at radius 2 is 1.70 bits per heavy atom. The highest BCUT2D eigenvalue weighted by molar-refractivity contribution is 6.25. The molecule has 7 rings (SSSR count). The molecule has 2 aromatic rings. The van der Waals surface area contributed by atoms with E-state index in [0.29, 0.717) is 35.4 Å². The third-order valence-corrected chi connectivity index (χ3v) is 7.66. The standard InChI is InChI=1S/C26H21NO6/c1-32-19(28)14-25-11-12-26(17(13-25)22(29)16-9-5-6-10-18(16)33-26)21-20(25)23(30)27(24(21)31)15-7-3-2-4-8-15/h2-10,13,20-21H,11-12,14H2,1H3/t20-,21+,25+,26+/m0/s1. The fourth-order valence-electron chi connectivity index (χ4n) is 6.26. The Labute approximate surface area is 190 Å². The van der Waals surface area contributed by atoms with Crippen molar-refractivity contribution in [1.29, 1.82) is 0 Å². The summed E-state index contributed by atoms with van der Waals surface area (Å²) in [6.07, 6.45) is 2.45. The number of imide groups is 1. The van der Waals surface area contributed by atoms with E-state index < -0.39 is 34.7 Å². The molecule has 2 bridgehead atoms. The van der Waals surface area contributed by atoms with Crippen molar-refractivity contribution in [2.45, 2.75) is 24.9 Å². The van der Waals surface area contributed by atoms with Crippen LogP contribution < -0.4 is 9.64 Å². The number of nitrogens with zero attached hydrogens (tertiary/aromatic N) is 1. The number of ketones is 1. The lowest BCUT2D eigenvalue weighted by Gasteiger charge is -2.57. The molecule has 0 aromatic heterocycles. The lowest BCUT2D eigenvalue weighted by molar-refractivity contribution is -0.154. The Balaban J connectivity index is 1.57. The second-order valence-corrected chi connectivity index (χ2v) is 9.16. The summed E-state index contributed by atoms with van der Waals surface area (Å²) >= 11 is 0. The van der Waals surface area contributed by atoms with Crippen molar-refractivity contribution in [3.8, 4) is 5.75 Å². The van der Waals surface area contributed by atoms with Crippen LogP contribution in [0, 0.1) is 17.3 Å². The quantitative estimate of drug-likeness (QED) is 0.535. The Hall–Kier alpha value is -3.74. The van der Waals surface area contributed by atoms with Crippen LogP contribution in [0.1, 0.15) is 29.6 Å². The number of carbonyl (C=O) groups is 4. The average Bonchev–Trinajstić information content (AvgIpc) is 3.12. The molecule has 2 heterocycles. The fraction of sp³-hybridized carbons (Fsp3) is 0.308. The number of benzene rings is 2. The van der Waals surface area contributed by atoms with Gasteiger partial charge in [-0.1, -0.05) is 36.4 Å². The maximum atomic E-state index is 13.9. The van der Waals surface area contributed by atoms with Gasteiger partial charge in [0.15, 0.2) is 5.78 Å². The molecule has 0 radical (unpaired) electrons. The molecule has 5 aliphatic rings. The van der Waals surface area contributed by atoms with Gasteiger partial charge in [0.25, 0.3) is 0 Å². The molecule has 1 saturated heterocycles. The van der Waals surface area contributed by atoms with E-state index in [-0.39, 0.29) is 18.1 Å². The van der Waals surface area contributed by atoms with E-state index in [1.165, 1.54) is 12.0 Å². The summed E-state index contributed by atoms with van der Waals surface area (Å²) in [6.45, 7) is 0. The first-order chi connectivity index (χ1) is 15.9. The van der Waals surface area contributed by atoms with Crippen LogP contribution >= 0.6 is 0 Å². The molecule has 2 amide bonds. The van der Waals surface area contributed by atoms with E-state index in [0.717, 1.165) is 0 Å². The molecule has 4 atom stereocenters. The van der Waals surface area contributed by atoms with Crippen molar-refractivity contribution >= 4 is 29.3 Å². The van der Waals surface area contributed by atoms with Gasteiger partial charge in [-0.15, -0.1) is 0 Å². The number of para-hydroxylation sites is 2. The Morgan fingerprint density at radius 3 is 2.45 bits per heavy atom. The highest BCUT2D eigenvalue weighted by atomic mass is 16.5. The van der Waals surface area contributed by atoms with E-state index in [9.17, 15) is 19.2 Å². The van der Waals surface area contributed by atoms with E-state index in [4.69, 9.17) is 9.47 Å². The van der Waals surface area contributed by atoms with E-state index in [1.54, 1.807) is 54.6 Å². The van der Waals surface area contributed by atoms with Crippen molar-refractivity contribution in [3.63, 3.8) is 0 Å². The first-order valence-corrected chi connectivity index (χ1v) is 11.0. The molecule has 7 heteroatoms. The van der Waals surface area contributed by atoms with Gasteiger partial charge in [0.2, 0.25) is 11.8 Å². The molecule has 0 unspecified atom stereocenters. The lowest BCUT2D eigenvalue weighted by Crippen LogP contribution is -2.64. The number of hydrogen-bond acceptors (Lipinski definition) is 6. The molecule has 1 saturated carbocycles. The predicted molar refractivity (Wildman–Crippen MR) is 116 cm³/mol. The van der Waals surface area contributed by atoms with E-state index in [1.807, 2.05) is 6.07 Å². The first-order valence-electron chi connectivity index (χ1n) is 11.0. The van der Waals surface area contributed by atoms with Crippen molar-refractivity contribution in [2.75, 3.05) is 12.0 Å². The van der Waals surface area contributed by atoms with Gasteiger partial charge in [-0.3, -0.25) is 19.2 Å². The van der Waals surface area contributed by atoms with Gasteiger partial charge in [-0.25, -0.2) is 4.90 Å². The largest absolute Gasteiger partial charge is 0.481 e. The number of rotatable bonds is 3. The highest BCUT2D eigenvalue weighted by Gasteiger charge is 2.73. The second kappa shape index (κ2) is 6.63. The molecule has 0 N–H and O–H groups in total. The third-order valence-electron chi connectivity index (χ3n) is 7.66. The molecule has 1 spiro atoms. The van der Waals surface area contributed by atoms with E-state index >= 15 is 0 Å². The molecule has 3 aliphatic carbocycles. The van der Waals surface area contributed by atoms with Crippen molar-refractivity contribution in [3.05, 3.63) is 71.8 Å². The van der Waals surface area contributed by atoms with Crippen LogP contribution in [0.5, 0.6) is 5.75 Å². The summed E-state index contributed by atoms with van der Waals surface area (Å²) < 4.78 is 11.4. The Bertz CT molecular complexity index is 1270. The molecule has 166 valence electrons. The number of carbonyl (C=O) groups excluding carboxylic acids is 4. The molecular weight excluding hydrogens is 422 g/mol. The van der Waals surface area contributed by atoms with Crippen LogP contribution in [-0.2, 0) is 19.1 Å². The lowest BCUT2D eigenvalue weighted by atomic mass is 9.48. The number of anilines is 1. The van der Waals surface area contributed by atoms with Gasteiger partial charge in [0.05, 0.1) is 36.6 Å². The van der Waals surface area contributed by atoms with Crippen molar-refractivity contribution in [1.82, 2.24) is 0 Å². The Kier molecular flexibility index (Phi) is 4.00. The zero-order chi connectivity index (χ0) is 23.0. The fourth-order valence-corrected chi connectivity index (χ4v) is 6.26. The normalized spacial score (nSPS) is 31.4. The zero-order valence-electron chi connectivity index (χ0n) is 17.9. The summed E-state index contributed by atoms with van der Waals surface area (Å²) in [5.74, 6) is -2.78. The summed E-state index contributed by atoms with van der Waals surface area (Å²) in [6, 6.07) is 15.7. The number of amides is 2. The number of ether oxygens (including phenoxy) is 2. The number of methoxy groups -OCH3 is 1. The number of Topliss-reactive ketones (excluding diaryl/α,β-unsaturated/α-hetero) is 1. The minimum atomic E-state index is -1.23. The van der Waals surface area contributed by atoms with Crippen LogP contribution in [0.3, 0.4) is 0 Å². The molecule has 2 fully saturated rings. The molecule has 2 aliphatic heterocycles. The van der Waals surface area contributed by atoms with E-state index in [2.05, 4.69) is 0 Å². The number of allylic oxidation sites excluding steroid dienone is 1. The third kappa shape index (κ3) is 2.45. The van der Waals surface area contributed by atoms with Gasteiger partial charge in [-0.05, 0) is 37.1 Å². The SMILES string of the molecule is COC(=O)C[C@]12C=C3C(=O)c4ccccc4O[C@@]3(CC1)[C@H]1C(=O)N(c3ccccc3)C(=O)[C@H]12. The minimum absolute atomic E-state index is 0.0825. The first kappa shape index (κ1) is 19.9. The number of hydrogen-bond donors (Lipinski definition) is 0. The minimum Gasteiger partial charge on any atom is -0.481 e. The second-order valence-electron chi connectivity index (χ2n) is 9.16. The van der Waals surface area contributed by atoms with Crippen LogP contribution in [-0.4, -0.2) is 36.3 Å². The summed E-state index contributed by atoms with van der Waals surface area (Å²) in [4.78, 5) is 54.9. The smallest absolute Gasteiger partial charge is 0.306 e. The number of fused-ring (bicyclic) bond motifs is 2. The van der Waals surface area contributed by atoms with Gasteiger partial charge < -0.3 is 9.47 Å². The summed E-state index contributed by atoms with van der Waals surface area (Å²) in [5.41, 5.74) is -0.965. The molecule has 7 nitrogen and oxygen atoms in total. The zero-order valence-corrected chi connectivity index (χ0v) is 17.9. The topological polar surface area (TPSA) is 90.0 Å². The van der Waals surface area contributed by atoms with Gasteiger partial charge in [-0.2, -0.15) is 0 Å². The van der Waals surface area contributed by atoms with Crippen LogP contribution in [0.25, 0.3) is 0 Å². The van der Waals surface area contributed by atoms with Crippen molar-refractivity contribution < 1.29 is 28.7 Å². The molecule has 33 heavy (non-hydrogen) atoms. The van der Waals surface area contributed by atoms with Gasteiger partial charge in [0, 0.05) is 11.0 Å². The molecular formula is C26H21NO6. The van der Waals surface area contributed by atoms with Crippen LogP contribution in [0.15, 0.2) is 66.2 Å². The Morgan fingerprint density at radius 1 is 1.00 bits per heavy atom. The van der Waals surface area contributed by atoms with Gasteiger partial charge in [0.1, 0.15) is 11.4 Å². The number of esters is 1. The van der Waals surface area contributed by atoms with Crippen LogP contribution in [0.4, 0.5) is 5.69 Å². The van der Waals surface area contributed by atoms with Crippen LogP contribution in [0.2, 0.25) is 0 Å². The van der Waals surface area contributed by atoms with Crippen molar-refractivity contribution in [2.24, 2.45) is 17.3 Å². The summed E-state index contributed by atoms with van der Waals surface area (Å²) in [7, 11) is 1.29. The average molecular weight is 443 g/mol. The maximum Gasteiger partial charge on any atom is 0.306 e. The summed E-state index contributed by atoms with van der Waals surface area (Å²) in [5, 5.41) is 0. The molecule has 2 aromatic carbocycles.